The second-order valence-electron chi connectivity index (χ2n) is 4.35. The number of carboxylic acids is 1. The van der Waals surface area contributed by atoms with Gasteiger partial charge in [0.1, 0.15) is 5.60 Å². The van der Waals surface area contributed by atoms with Crippen LogP contribution < -0.4 is 5.32 Å². The van der Waals surface area contributed by atoms with Gasteiger partial charge >= 0.3 is 5.97 Å². The van der Waals surface area contributed by atoms with E-state index in [0.717, 1.165) is 0 Å². The van der Waals surface area contributed by atoms with Crippen molar-refractivity contribution in [3.63, 3.8) is 0 Å². The molecule has 0 aliphatic rings. The molecule has 0 radical (unpaired) electrons. The molecule has 0 aliphatic heterocycles. The van der Waals surface area contributed by atoms with Crippen LogP contribution in [0.15, 0.2) is 18.3 Å². The molecule has 1 aromatic heterocycles. The summed E-state index contributed by atoms with van der Waals surface area (Å²) in [5.41, 5.74) is 0.0612. The van der Waals surface area contributed by atoms with Crippen molar-refractivity contribution in [3.8, 4) is 0 Å². The second kappa shape index (κ2) is 6.29. The molecule has 1 aromatic rings. The summed E-state index contributed by atoms with van der Waals surface area (Å²) in [5.74, 6) is -1.20. The van der Waals surface area contributed by atoms with Crippen molar-refractivity contribution in [1.82, 2.24) is 4.98 Å². The van der Waals surface area contributed by atoms with Crippen LogP contribution in [-0.2, 0) is 20.7 Å². The van der Waals surface area contributed by atoms with Crippen molar-refractivity contribution in [2.45, 2.75) is 32.3 Å². The number of methoxy groups -OCH3 is 1. The molecule has 0 fully saturated rings. The van der Waals surface area contributed by atoms with Crippen LogP contribution in [0, 0.1) is 0 Å². The number of pyridine rings is 1. The van der Waals surface area contributed by atoms with Crippen LogP contribution in [0.1, 0.15) is 26.0 Å². The molecule has 0 spiro atoms. The molecule has 0 saturated carbocycles. The molecule has 0 aromatic carbocycles. The summed E-state index contributed by atoms with van der Waals surface area (Å²) in [6.45, 7) is 3.56. The van der Waals surface area contributed by atoms with Crippen molar-refractivity contribution < 1.29 is 19.4 Å². The lowest BCUT2D eigenvalue weighted by molar-refractivity contribution is -0.136. The molecule has 1 unspecified atom stereocenters. The summed E-state index contributed by atoms with van der Waals surface area (Å²) in [4.78, 5) is 26.5. The zero-order valence-electron chi connectivity index (χ0n) is 11.3. The zero-order chi connectivity index (χ0) is 14.5. The molecule has 1 amide bonds. The first-order valence-corrected chi connectivity index (χ1v) is 5.94. The molecule has 1 heterocycles. The number of aromatic nitrogens is 1. The SMILES string of the molecule is CCC(C)(OC)C(=O)Nc1ccc(CC(=O)O)nc1. The molecule has 1 atom stereocenters. The average Bonchev–Trinajstić information content (AvgIpc) is 2.39. The molecule has 104 valence electrons. The van der Waals surface area contributed by atoms with Crippen molar-refractivity contribution in [1.29, 1.82) is 0 Å². The molecular weight excluding hydrogens is 248 g/mol. The maximum Gasteiger partial charge on any atom is 0.309 e. The molecule has 1 rings (SSSR count). The van der Waals surface area contributed by atoms with Gasteiger partial charge in [-0.2, -0.15) is 0 Å². The minimum Gasteiger partial charge on any atom is -0.481 e. The van der Waals surface area contributed by atoms with Crippen LogP contribution in [0.5, 0.6) is 0 Å². The van der Waals surface area contributed by atoms with Crippen LogP contribution in [0.3, 0.4) is 0 Å². The Labute approximate surface area is 111 Å². The Hall–Kier alpha value is -1.95. The maximum atomic E-state index is 12.0. The van der Waals surface area contributed by atoms with E-state index in [4.69, 9.17) is 9.84 Å². The first kappa shape index (κ1) is 15.1. The average molecular weight is 266 g/mol. The smallest absolute Gasteiger partial charge is 0.309 e. The summed E-state index contributed by atoms with van der Waals surface area (Å²) in [6, 6.07) is 3.19. The van der Waals surface area contributed by atoms with Crippen LogP contribution in [0.25, 0.3) is 0 Å². The van der Waals surface area contributed by atoms with Gasteiger partial charge in [-0.15, -0.1) is 0 Å². The number of nitrogens with one attached hydrogen (secondary N) is 1. The lowest BCUT2D eigenvalue weighted by Crippen LogP contribution is -2.41. The fraction of sp³-hybridized carbons (Fsp3) is 0.462. The van der Waals surface area contributed by atoms with E-state index in [1.807, 2.05) is 6.92 Å². The van der Waals surface area contributed by atoms with Crippen molar-refractivity contribution >= 4 is 17.6 Å². The van der Waals surface area contributed by atoms with Crippen LogP contribution in [0.4, 0.5) is 5.69 Å². The van der Waals surface area contributed by atoms with E-state index < -0.39 is 11.6 Å². The summed E-state index contributed by atoms with van der Waals surface area (Å²) in [6.07, 6.45) is 1.83. The van der Waals surface area contributed by atoms with E-state index >= 15 is 0 Å². The highest BCUT2D eigenvalue weighted by atomic mass is 16.5. The van der Waals surface area contributed by atoms with E-state index in [0.29, 0.717) is 17.8 Å². The van der Waals surface area contributed by atoms with Crippen LogP contribution in [0.2, 0.25) is 0 Å². The van der Waals surface area contributed by atoms with Crippen LogP contribution >= 0.6 is 0 Å². The molecule has 2 N–H and O–H groups in total. The Balaban J connectivity index is 2.73. The monoisotopic (exact) mass is 266 g/mol. The number of carboxylic acid groups (broad SMARTS) is 1. The fourth-order valence-corrected chi connectivity index (χ4v) is 1.42. The maximum absolute atomic E-state index is 12.0. The van der Waals surface area contributed by atoms with Gasteiger partial charge in [0.05, 0.1) is 24.0 Å². The fourth-order valence-electron chi connectivity index (χ4n) is 1.42. The number of aliphatic carboxylic acids is 1. The standard InChI is InChI=1S/C13H18N2O4/c1-4-13(2,19-3)12(18)15-10-6-5-9(14-8-10)7-11(16)17/h5-6,8H,4,7H2,1-3H3,(H,15,18)(H,16,17). The third-order valence-electron chi connectivity index (χ3n) is 3.02. The number of nitrogens with zero attached hydrogens (tertiary/aromatic N) is 1. The largest absolute Gasteiger partial charge is 0.481 e. The number of anilines is 1. The lowest BCUT2D eigenvalue weighted by atomic mass is 10.0. The predicted molar refractivity (Wildman–Crippen MR) is 69.9 cm³/mol. The Morgan fingerprint density at radius 1 is 1.47 bits per heavy atom. The van der Waals surface area contributed by atoms with Gasteiger partial charge in [0.25, 0.3) is 5.91 Å². The highest BCUT2D eigenvalue weighted by molar-refractivity contribution is 5.96. The van der Waals surface area contributed by atoms with Gasteiger partial charge in [-0.1, -0.05) is 6.92 Å². The number of carbonyl (C=O) groups excluding carboxylic acids is 1. The van der Waals surface area contributed by atoms with Gasteiger partial charge < -0.3 is 15.2 Å². The quantitative estimate of drug-likeness (QED) is 0.813. The third kappa shape index (κ3) is 4.03. The Morgan fingerprint density at radius 2 is 2.16 bits per heavy atom. The minimum atomic E-state index is -0.942. The first-order valence-electron chi connectivity index (χ1n) is 5.94. The molecule has 6 heteroatoms. The molecule has 19 heavy (non-hydrogen) atoms. The van der Waals surface area contributed by atoms with E-state index in [1.165, 1.54) is 13.3 Å². The molecule has 0 aliphatic carbocycles. The van der Waals surface area contributed by atoms with E-state index in [2.05, 4.69) is 10.3 Å². The van der Waals surface area contributed by atoms with Gasteiger partial charge in [0.15, 0.2) is 0 Å². The number of hydrogen-bond acceptors (Lipinski definition) is 4. The number of rotatable bonds is 6. The topological polar surface area (TPSA) is 88.5 Å². The molecule has 6 nitrogen and oxygen atoms in total. The van der Waals surface area contributed by atoms with Gasteiger partial charge in [0.2, 0.25) is 0 Å². The van der Waals surface area contributed by atoms with E-state index in [9.17, 15) is 9.59 Å². The minimum absolute atomic E-state index is 0.140. The van der Waals surface area contributed by atoms with E-state index in [-0.39, 0.29) is 12.3 Å². The number of carbonyl (C=O) groups is 2. The highest BCUT2D eigenvalue weighted by Crippen LogP contribution is 2.17. The first-order chi connectivity index (χ1) is 8.91. The zero-order valence-corrected chi connectivity index (χ0v) is 11.3. The van der Waals surface area contributed by atoms with Gasteiger partial charge in [0, 0.05) is 7.11 Å². The highest BCUT2D eigenvalue weighted by Gasteiger charge is 2.30. The second-order valence-corrected chi connectivity index (χ2v) is 4.35. The third-order valence-corrected chi connectivity index (χ3v) is 3.02. The molecular formula is C13H18N2O4. The summed E-state index contributed by atoms with van der Waals surface area (Å²) in [7, 11) is 1.48. The summed E-state index contributed by atoms with van der Waals surface area (Å²) < 4.78 is 5.19. The van der Waals surface area contributed by atoms with Crippen LogP contribution in [-0.4, -0.2) is 34.7 Å². The van der Waals surface area contributed by atoms with E-state index in [1.54, 1.807) is 19.1 Å². The number of ether oxygens (including phenoxy) is 1. The van der Waals surface area contributed by atoms with Gasteiger partial charge in [-0.05, 0) is 25.5 Å². The molecule has 0 saturated heterocycles. The van der Waals surface area contributed by atoms with Crippen molar-refractivity contribution in [2.24, 2.45) is 0 Å². The van der Waals surface area contributed by atoms with Gasteiger partial charge in [-0.3, -0.25) is 14.6 Å². The Bertz CT molecular complexity index is 452. The van der Waals surface area contributed by atoms with Crippen molar-refractivity contribution in [2.75, 3.05) is 12.4 Å². The normalized spacial score (nSPS) is 13.6. The van der Waals surface area contributed by atoms with Crippen molar-refractivity contribution in [3.05, 3.63) is 24.0 Å². The molecule has 0 bridgehead atoms. The Morgan fingerprint density at radius 3 is 2.58 bits per heavy atom. The Kier molecular flexibility index (Phi) is 5.00. The van der Waals surface area contributed by atoms with Gasteiger partial charge in [-0.25, -0.2) is 0 Å². The predicted octanol–water partition coefficient (Wildman–Crippen LogP) is 1.46. The number of hydrogen-bond donors (Lipinski definition) is 2. The lowest BCUT2D eigenvalue weighted by Gasteiger charge is -2.25. The summed E-state index contributed by atoms with van der Waals surface area (Å²) in [5, 5.41) is 11.3. The summed E-state index contributed by atoms with van der Waals surface area (Å²) >= 11 is 0. The number of amides is 1.